The van der Waals surface area contributed by atoms with Crippen LogP contribution in [0.25, 0.3) is 0 Å². The Labute approximate surface area is 111 Å². The van der Waals surface area contributed by atoms with E-state index in [2.05, 4.69) is 25.2 Å². The molecule has 0 bridgehead atoms. The number of ether oxygens (including phenoxy) is 1. The third-order valence-corrected chi connectivity index (χ3v) is 3.56. The van der Waals surface area contributed by atoms with Crippen molar-refractivity contribution >= 4 is 0 Å². The predicted octanol–water partition coefficient (Wildman–Crippen LogP) is 2.72. The maximum Gasteiger partial charge on any atom is 0.123 e. The van der Waals surface area contributed by atoms with Crippen LogP contribution in [0.2, 0.25) is 0 Å². The molecular weight excluding hydrogens is 224 g/mol. The zero-order valence-corrected chi connectivity index (χ0v) is 11.8. The predicted molar refractivity (Wildman–Crippen MR) is 76.9 cm³/mol. The van der Waals surface area contributed by atoms with Gasteiger partial charge in [-0.05, 0) is 18.5 Å². The van der Waals surface area contributed by atoms with Crippen LogP contribution >= 0.6 is 0 Å². The molecule has 3 nitrogen and oxygen atoms in total. The molecule has 3 N–H and O–H groups in total. The second-order valence-electron chi connectivity index (χ2n) is 4.62. The van der Waals surface area contributed by atoms with Gasteiger partial charge in [-0.15, -0.1) is 0 Å². The lowest BCUT2D eigenvalue weighted by Gasteiger charge is -2.22. The molecule has 1 aromatic carbocycles. The Balaban J connectivity index is 2.70. The van der Waals surface area contributed by atoms with Gasteiger partial charge in [0.25, 0.3) is 0 Å². The summed E-state index contributed by atoms with van der Waals surface area (Å²) in [5.74, 6) is 1.62. The molecule has 0 saturated carbocycles. The van der Waals surface area contributed by atoms with Crippen LogP contribution < -0.4 is 15.8 Å². The first-order valence-electron chi connectivity index (χ1n) is 6.83. The van der Waals surface area contributed by atoms with Gasteiger partial charge in [0.2, 0.25) is 0 Å². The van der Waals surface area contributed by atoms with Crippen LogP contribution in [0.3, 0.4) is 0 Å². The summed E-state index contributed by atoms with van der Waals surface area (Å²) in [6.07, 6.45) is 2.40. The Morgan fingerprint density at radius 3 is 2.44 bits per heavy atom. The van der Waals surface area contributed by atoms with Crippen LogP contribution in [0.15, 0.2) is 24.3 Å². The molecule has 1 aromatic rings. The summed E-state index contributed by atoms with van der Waals surface area (Å²) < 4.78 is 5.39. The van der Waals surface area contributed by atoms with Gasteiger partial charge in [0, 0.05) is 18.2 Å². The highest BCUT2D eigenvalue weighted by atomic mass is 16.5. The maximum atomic E-state index is 5.88. The summed E-state index contributed by atoms with van der Waals surface area (Å²) in [7, 11) is 1.70. The van der Waals surface area contributed by atoms with E-state index in [1.54, 1.807) is 7.11 Å². The van der Waals surface area contributed by atoms with Gasteiger partial charge in [0.05, 0.1) is 7.11 Å². The van der Waals surface area contributed by atoms with E-state index < -0.39 is 0 Å². The number of hydrogen-bond donors (Lipinski definition) is 2. The quantitative estimate of drug-likeness (QED) is 0.746. The summed E-state index contributed by atoms with van der Waals surface area (Å²) in [5.41, 5.74) is 7.03. The zero-order valence-electron chi connectivity index (χ0n) is 11.8. The van der Waals surface area contributed by atoms with E-state index in [1.165, 1.54) is 12.8 Å². The van der Waals surface area contributed by atoms with Crippen LogP contribution in [0.5, 0.6) is 5.75 Å². The first-order chi connectivity index (χ1) is 8.76. The third kappa shape index (κ3) is 4.00. The van der Waals surface area contributed by atoms with Gasteiger partial charge in [-0.2, -0.15) is 0 Å². The van der Waals surface area contributed by atoms with E-state index in [0.717, 1.165) is 17.9 Å². The van der Waals surface area contributed by atoms with E-state index in [1.807, 2.05) is 18.2 Å². The number of nitrogens with two attached hydrogens (primary N) is 1. The van der Waals surface area contributed by atoms with E-state index in [0.29, 0.717) is 12.5 Å². The molecule has 3 heteroatoms. The standard InChI is InChI=1S/C15H26N2O/c1-4-12(5-2)11-17-14(10-16)13-8-6-7-9-15(13)18-3/h6-9,12,14,17H,4-5,10-11,16H2,1-3H3. The summed E-state index contributed by atoms with van der Waals surface area (Å²) in [6, 6.07) is 8.24. The van der Waals surface area contributed by atoms with Gasteiger partial charge in [0.15, 0.2) is 0 Å². The van der Waals surface area contributed by atoms with E-state index in [4.69, 9.17) is 10.5 Å². The number of para-hydroxylation sites is 1. The van der Waals surface area contributed by atoms with Crippen molar-refractivity contribution in [3.05, 3.63) is 29.8 Å². The molecule has 0 aliphatic rings. The van der Waals surface area contributed by atoms with Gasteiger partial charge in [-0.3, -0.25) is 0 Å². The van der Waals surface area contributed by atoms with Gasteiger partial charge >= 0.3 is 0 Å². The second kappa shape index (κ2) is 8.11. The Morgan fingerprint density at radius 2 is 1.89 bits per heavy atom. The molecule has 0 amide bonds. The van der Waals surface area contributed by atoms with Gasteiger partial charge in [-0.1, -0.05) is 44.9 Å². The number of benzene rings is 1. The molecule has 102 valence electrons. The van der Waals surface area contributed by atoms with Crippen molar-refractivity contribution in [2.24, 2.45) is 11.7 Å². The fraction of sp³-hybridized carbons (Fsp3) is 0.600. The summed E-state index contributed by atoms with van der Waals surface area (Å²) in [6.45, 7) is 6.06. The molecule has 1 atom stereocenters. The monoisotopic (exact) mass is 250 g/mol. The minimum atomic E-state index is 0.168. The zero-order chi connectivity index (χ0) is 13.4. The van der Waals surface area contributed by atoms with Crippen molar-refractivity contribution in [1.29, 1.82) is 0 Å². The molecule has 0 aliphatic carbocycles. The SMILES string of the molecule is CCC(CC)CNC(CN)c1ccccc1OC. The van der Waals surface area contributed by atoms with Crippen LogP contribution in [0.4, 0.5) is 0 Å². The molecule has 0 heterocycles. The topological polar surface area (TPSA) is 47.3 Å². The van der Waals surface area contributed by atoms with Crippen LogP contribution in [0, 0.1) is 5.92 Å². The van der Waals surface area contributed by atoms with Gasteiger partial charge < -0.3 is 15.8 Å². The normalized spacial score (nSPS) is 12.7. The van der Waals surface area contributed by atoms with E-state index >= 15 is 0 Å². The van der Waals surface area contributed by atoms with Gasteiger partial charge in [0.1, 0.15) is 5.75 Å². The Kier molecular flexibility index (Phi) is 6.76. The molecule has 0 aliphatic heterocycles. The molecule has 1 rings (SSSR count). The van der Waals surface area contributed by atoms with Crippen molar-refractivity contribution in [3.63, 3.8) is 0 Å². The number of methoxy groups -OCH3 is 1. The first-order valence-corrected chi connectivity index (χ1v) is 6.83. The summed E-state index contributed by atoms with van der Waals surface area (Å²) in [5, 5.41) is 3.56. The molecule has 0 saturated heterocycles. The first kappa shape index (κ1) is 15.0. The Morgan fingerprint density at radius 1 is 1.22 bits per heavy atom. The van der Waals surface area contributed by atoms with Crippen LogP contribution in [-0.4, -0.2) is 20.2 Å². The van der Waals surface area contributed by atoms with Crippen LogP contribution in [-0.2, 0) is 0 Å². The maximum absolute atomic E-state index is 5.88. The van der Waals surface area contributed by atoms with Crippen LogP contribution in [0.1, 0.15) is 38.3 Å². The van der Waals surface area contributed by atoms with E-state index in [-0.39, 0.29) is 6.04 Å². The molecule has 0 radical (unpaired) electrons. The minimum absolute atomic E-state index is 0.168. The lowest BCUT2D eigenvalue weighted by atomic mass is 10.0. The summed E-state index contributed by atoms with van der Waals surface area (Å²) in [4.78, 5) is 0. The lowest BCUT2D eigenvalue weighted by molar-refractivity contribution is 0.384. The molecule has 18 heavy (non-hydrogen) atoms. The smallest absolute Gasteiger partial charge is 0.123 e. The van der Waals surface area contributed by atoms with E-state index in [9.17, 15) is 0 Å². The Bertz CT molecular complexity index is 337. The van der Waals surface area contributed by atoms with Crippen molar-refractivity contribution in [2.45, 2.75) is 32.7 Å². The van der Waals surface area contributed by atoms with Crippen molar-refractivity contribution < 1.29 is 4.74 Å². The van der Waals surface area contributed by atoms with Crippen molar-refractivity contribution in [2.75, 3.05) is 20.2 Å². The highest BCUT2D eigenvalue weighted by Gasteiger charge is 2.15. The summed E-state index contributed by atoms with van der Waals surface area (Å²) >= 11 is 0. The fourth-order valence-electron chi connectivity index (χ4n) is 2.16. The fourth-order valence-corrected chi connectivity index (χ4v) is 2.16. The second-order valence-corrected chi connectivity index (χ2v) is 4.62. The molecule has 0 aromatic heterocycles. The highest BCUT2D eigenvalue weighted by molar-refractivity contribution is 5.36. The lowest BCUT2D eigenvalue weighted by Crippen LogP contribution is -2.32. The number of nitrogens with one attached hydrogen (secondary N) is 1. The highest BCUT2D eigenvalue weighted by Crippen LogP contribution is 2.24. The average molecular weight is 250 g/mol. The molecule has 1 unspecified atom stereocenters. The molecule has 0 spiro atoms. The Hall–Kier alpha value is -1.06. The number of rotatable bonds is 8. The van der Waals surface area contributed by atoms with Crippen molar-refractivity contribution in [1.82, 2.24) is 5.32 Å². The minimum Gasteiger partial charge on any atom is -0.496 e. The third-order valence-electron chi connectivity index (χ3n) is 3.56. The molecule has 0 fully saturated rings. The number of hydrogen-bond acceptors (Lipinski definition) is 3. The largest absolute Gasteiger partial charge is 0.496 e. The average Bonchev–Trinajstić information content (AvgIpc) is 2.44. The van der Waals surface area contributed by atoms with Gasteiger partial charge in [-0.25, -0.2) is 0 Å². The van der Waals surface area contributed by atoms with Crippen molar-refractivity contribution in [3.8, 4) is 5.75 Å². The molecular formula is C15H26N2O.